The number of amides is 1. The smallest absolute Gasteiger partial charge is 0.236 e. The van der Waals surface area contributed by atoms with Gasteiger partial charge in [-0.1, -0.05) is 47.2 Å². The summed E-state index contributed by atoms with van der Waals surface area (Å²) >= 11 is 1.28. The zero-order valence-electron chi connectivity index (χ0n) is 17.8. The lowest BCUT2D eigenvalue weighted by Crippen LogP contribution is -2.17. The van der Waals surface area contributed by atoms with Crippen molar-refractivity contribution in [3.63, 3.8) is 0 Å². The number of rotatable bonds is 6. The first kappa shape index (κ1) is 20.8. The third kappa shape index (κ3) is 4.66. The molecule has 31 heavy (non-hydrogen) atoms. The Kier molecular flexibility index (Phi) is 5.85. The summed E-state index contributed by atoms with van der Waals surface area (Å²) in [7, 11) is 0. The third-order valence-corrected chi connectivity index (χ3v) is 5.65. The summed E-state index contributed by atoms with van der Waals surface area (Å²) in [6.45, 7) is 7.98. The molecule has 0 radical (unpaired) electrons. The molecular weight excluding hydrogens is 410 g/mol. The van der Waals surface area contributed by atoms with Gasteiger partial charge in [-0.15, -0.1) is 5.10 Å². The molecule has 4 aromatic rings. The summed E-state index contributed by atoms with van der Waals surface area (Å²) in [4.78, 5) is 12.7. The summed E-state index contributed by atoms with van der Waals surface area (Å²) in [6, 6.07) is 15.9. The van der Waals surface area contributed by atoms with E-state index in [1.807, 2.05) is 70.2 Å². The maximum atomic E-state index is 12.7. The zero-order valence-corrected chi connectivity index (χ0v) is 18.6. The molecule has 0 aliphatic heterocycles. The van der Waals surface area contributed by atoms with Crippen LogP contribution in [0, 0.1) is 27.7 Å². The molecule has 0 saturated heterocycles. The van der Waals surface area contributed by atoms with Crippen molar-refractivity contribution in [1.82, 2.24) is 30.0 Å². The first-order chi connectivity index (χ1) is 14.9. The van der Waals surface area contributed by atoms with E-state index in [9.17, 15) is 4.79 Å². The fourth-order valence-corrected chi connectivity index (χ4v) is 3.93. The standard InChI is InChI=1S/C22H23N7OS/c1-14-5-8-18(9-6-14)28-20(12-17(4)25-28)23-21(30)13-31-22-24-26-27-29(22)19-10-7-15(2)11-16(19)3/h5-12H,13H2,1-4H3,(H,23,30). The molecule has 4 rings (SSSR count). The monoisotopic (exact) mass is 433 g/mol. The molecule has 0 atom stereocenters. The van der Waals surface area contributed by atoms with Crippen LogP contribution in [0.15, 0.2) is 53.7 Å². The highest BCUT2D eigenvalue weighted by Gasteiger charge is 2.15. The Balaban J connectivity index is 1.47. The van der Waals surface area contributed by atoms with Crippen molar-refractivity contribution < 1.29 is 4.79 Å². The van der Waals surface area contributed by atoms with E-state index < -0.39 is 0 Å². The topological polar surface area (TPSA) is 90.5 Å². The normalized spacial score (nSPS) is 11.0. The highest BCUT2D eigenvalue weighted by atomic mass is 32.2. The first-order valence-corrected chi connectivity index (χ1v) is 10.8. The maximum absolute atomic E-state index is 12.7. The maximum Gasteiger partial charge on any atom is 0.236 e. The molecule has 1 N–H and O–H groups in total. The molecule has 2 aromatic carbocycles. The van der Waals surface area contributed by atoms with Gasteiger partial charge in [-0.2, -0.15) is 9.78 Å². The molecule has 0 saturated carbocycles. The average molecular weight is 434 g/mol. The van der Waals surface area contributed by atoms with Crippen LogP contribution < -0.4 is 5.32 Å². The number of hydrogen-bond acceptors (Lipinski definition) is 6. The SMILES string of the molecule is Cc1ccc(-n2nc(C)cc2NC(=O)CSc2nnnn2-c2ccc(C)cc2C)cc1. The van der Waals surface area contributed by atoms with Crippen LogP contribution in [0.3, 0.4) is 0 Å². The minimum Gasteiger partial charge on any atom is -0.310 e. The van der Waals surface area contributed by atoms with Gasteiger partial charge in [0, 0.05) is 6.07 Å². The number of nitrogens with one attached hydrogen (secondary N) is 1. The van der Waals surface area contributed by atoms with Crippen LogP contribution in [0.1, 0.15) is 22.4 Å². The van der Waals surface area contributed by atoms with E-state index in [1.54, 1.807) is 9.36 Å². The van der Waals surface area contributed by atoms with E-state index in [2.05, 4.69) is 32.0 Å². The van der Waals surface area contributed by atoms with Gasteiger partial charge in [0.25, 0.3) is 0 Å². The quantitative estimate of drug-likeness (QED) is 0.465. The van der Waals surface area contributed by atoms with Crippen LogP contribution in [0.25, 0.3) is 11.4 Å². The Labute approximate surface area is 184 Å². The van der Waals surface area contributed by atoms with E-state index in [0.29, 0.717) is 11.0 Å². The Hall–Kier alpha value is -3.46. The van der Waals surface area contributed by atoms with Crippen LogP contribution >= 0.6 is 11.8 Å². The third-order valence-electron chi connectivity index (χ3n) is 4.73. The minimum atomic E-state index is -0.159. The van der Waals surface area contributed by atoms with Crippen LogP contribution in [0.5, 0.6) is 0 Å². The molecule has 158 valence electrons. The lowest BCUT2D eigenvalue weighted by molar-refractivity contribution is -0.113. The summed E-state index contributed by atoms with van der Waals surface area (Å²) in [5.41, 5.74) is 6.00. The fraction of sp³-hybridized carbons (Fsp3) is 0.227. The Morgan fingerprint density at radius 2 is 1.71 bits per heavy atom. The predicted molar refractivity (Wildman–Crippen MR) is 121 cm³/mol. The van der Waals surface area contributed by atoms with Gasteiger partial charge in [0.15, 0.2) is 0 Å². The van der Waals surface area contributed by atoms with Crippen LogP contribution in [0.2, 0.25) is 0 Å². The van der Waals surface area contributed by atoms with Crippen molar-refractivity contribution in [2.75, 3.05) is 11.1 Å². The molecule has 0 fully saturated rings. The van der Waals surface area contributed by atoms with Crippen LogP contribution in [-0.4, -0.2) is 41.6 Å². The lowest BCUT2D eigenvalue weighted by Gasteiger charge is -2.10. The Morgan fingerprint density at radius 3 is 2.45 bits per heavy atom. The van der Waals surface area contributed by atoms with E-state index >= 15 is 0 Å². The number of benzene rings is 2. The number of nitrogens with zero attached hydrogens (tertiary/aromatic N) is 6. The summed E-state index contributed by atoms with van der Waals surface area (Å²) in [6.07, 6.45) is 0. The molecule has 9 heteroatoms. The lowest BCUT2D eigenvalue weighted by atomic mass is 10.1. The molecule has 1 amide bonds. The van der Waals surface area contributed by atoms with E-state index in [-0.39, 0.29) is 11.7 Å². The number of hydrogen-bond donors (Lipinski definition) is 1. The second kappa shape index (κ2) is 8.73. The molecule has 0 aliphatic carbocycles. The van der Waals surface area contributed by atoms with Gasteiger partial charge in [-0.3, -0.25) is 4.79 Å². The van der Waals surface area contributed by atoms with Crippen molar-refractivity contribution in [3.05, 3.63) is 70.9 Å². The number of thioether (sulfide) groups is 1. The van der Waals surface area contributed by atoms with Gasteiger partial charge in [0.2, 0.25) is 11.1 Å². The van der Waals surface area contributed by atoms with E-state index in [1.165, 1.54) is 17.3 Å². The van der Waals surface area contributed by atoms with E-state index in [0.717, 1.165) is 28.2 Å². The summed E-state index contributed by atoms with van der Waals surface area (Å²) < 4.78 is 3.39. The highest BCUT2D eigenvalue weighted by molar-refractivity contribution is 7.99. The van der Waals surface area contributed by atoms with Crippen molar-refractivity contribution in [1.29, 1.82) is 0 Å². The predicted octanol–water partition coefficient (Wildman–Crippen LogP) is 3.81. The fourth-order valence-electron chi connectivity index (χ4n) is 3.24. The van der Waals surface area contributed by atoms with Gasteiger partial charge in [-0.05, 0) is 61.9 Å². The Morgan fingerprint density at radius 1 is 0.968 bits per heavy atom. The average Bonchev–Trinajstić information content (AvgIpc) is 3.33. The first-order valence-electron chi connectivity index (χ1n) is 9.83. The van der Waals surface area contributed by atoms with Gasteiger partial charge >= 0.3 is 0 Å². The number of aryl methyl sites for hydroxylation is 4. The zero-order chi connectivity index (χ0) is 22.0. The highest BCUT2D eigenvalue weighted by Crippen LogP contribution is 2.22. The molecule has 2 aromatic heterocycles. The van der Waals surface area contributed by atoms with Crippen LogP contribution in [0.4, 0.5) is 5.82 Å². The Bertz CT molecular complexity index is 1230. The number of tetrazole rings is 1. The number of aromatic nitrogens is 6. The second-order valence-electron chi connectivity index (χ2n) is 7.42. The van der Waals surface area contributed by atoms with Crippen molar-refractivity contribution in [2.45, 2.75) is 32.9 Å². The van der Waals surface area contributed by atoms with Gasteiger partial charge in [0.1, 0.15) is 5.82 Å². The minimum absolute atomic E-state index is 0.159. The van der Waals surface area contributed by atoms with Crippen LogP contribution in [-0.2, 0) is 4.79 Å². The van der Waals surface area contributed by atoms with Crippen molar-refractivity contribution in [2.24, 2.45) is 0 Å². The molecule has 0 aliphatic rings. The largest absolute Gasteiger partial charge is 0.310 e. The van der Waals surface area contributed by atoms with Gasteiger partial charge in [-0.25, -0.2) is 4.68 Å². The number of carbonyl (C=O) groups excluding carboxylic acids is 1. The molecule has 2 heterocycles. The van der Waals surface area contributed by atoms with Crippen molar-refractivity contribution in [3.8, 4) is 11.4 Å². The van der Waals surface area contributed by atoms with Crippen molar-refractivity contribution >= 4 is 23.5 Å². The molecule has 0 spiro atoms. The molecule has 8 nitrogen and oxygen atoms in total. The number of carbonyl (C=O) groups is 1. The summed E-state index contributed by atoms with van der Waals surface area (Å²) in [5.74, 6) is 0.637. The van der Waals surface area contributed by atoms with Gasteiger partial charge in [0.05, 0.1) is 22.8 Å². The second-order valence-corrected chi connectivity index (χ2v) is 8.36. The summed E-state index contributed by atoms with van der Waals surface area (Å²) in [5, 5.41) is 20.0. The molecule has 0 bridgehead atoms. The molecule has 0 unspecified atom stereocenters. The molecular formula is C22H23N7OS. The van der Waals surface area contributed by atoms with E-state index in [4.69, 9.17) is 0 Å². The van der Waals surface area contributed by atoms with Gasteiger partial charge < -0.3 is 5.32 Å². The number of anilines is 1.